The van der Waals surface area contributed by atoms with Crippen molar-refractivity contribution in [1.29, 1.82) is 0 Å². The van der Waals surface area contributed by atoms with Crippen LogP contribution in [0, 0.1) is 5.41 Å². The highest BCUT2D eigenvalue weighted by Gasteiger charge is 2.25. The van der Waals surface area contributed by atoms with Gasteiger partial charge < -0.3 is 5.73 Å². The van der Waals surface area contributed by atoms with Gasteiger partial charge in [0, 0.05) is 6.04 Å². The highest BCUT2D eigenvalue weighted by Crippen LogP contribution is 2.29. The lowest BCUT2D eigenvalue weighted by Crippen LogP contribution is -2.37. The van der Waals surface area contributed by atoms with Crippen LogP contribution in [0.4, 0.5) is 0 Å². The third-order valence-corrected chi connectivity index (χ3v) is 5.05. The summed E-state index contributed by atoms with van der Waals surface area (Å²) >= 11 is 0. The minimum absolute atomic E-state index is 0.328. The lowest BCUT2D eigenvalue weighted by Gasteiger charge is -2.32. The van der Waals surface area contributed by atoms with Gasteiger partial charge in [-0.05, 0) is 18.3 Å². The zero-order valence-corrected chi connectivity index (χ0v) is 15.6. The molecule has 0 aromatic carbocycles. The first-order valence-electron chi connectivity index (χ1n) is 9.80. The van der Waals surface area contributed by atoms with Crippen LogP contribution in [0.2, 0.25) is 0 Å². The molecular formula is C20H43N. The fourth-order valence-corrected chi connectivity index (χ4v) is 3.08. The quantitative estimate of drug-likeness (QED) is 0.329. The molecule has 1 atom stereocenters. The molecule has 0 aliphatic rings. The van der Waals surface area contributed by atoms with Crippen LogP contribution in [0.25, 0.3) is 0 Å². The predicted octanol–water partition coefficient (Wildman–Crippen LogP) is 6.84. The lowest BCUT2D eigenvalue weighted by molar-refractivity contribution is 0.238. The fourth-order valence-electron chi connectivity index (χ4n) is 3.08. The summed E-state index contributed by atoms with van der Waals surface area (Å²) in [5.41, 5.74) is 6.78. The molecule has 0 saturated heterocycles. The van der Waals surface area contributed by atoms with Gasteiger partial charge in [-0.25, -0.2) is 0 Å². The summed E-state index contributed by atoms with van der Waals surface area (Å²) in [6, 6.07) is 0.388. The van der Waals surface area contributed by atoms with Crippen LogP contribution in [-0.4, -0.2) is 6.04 Å². The molecule has 0 saturated carbocycles. The number of unbranched alkanes of at least 4 members (excludes halogenated alkanes) is 10. The Bertz CT molecular complexity index is 210. The summed E-state index contributed by atoms with van der Waals surface area (Å²) in [4.78, 5) is 0. The van der Waals surface area contributed by atoms with Crippen molar-refractivity contribution in [3.63, 3.8) is 0 Å². The van der Waals surface area contributed by atoms with E-state index in [9.17, 15) is 0 Å². The van der Waals surface area contributed by atoms with Crippen molar-refractivity contribution in [2.24, 2.45) is 11.1 Å². The van der Waals surface area contributed by atoms with Crippen molar-refractivity contribution in [3.8, 4) is 0 Å². The largest absolute Gasteiger partial charge is 0.327 e. The van der Waals surface area contributed by atoms with Crippen molar-refractivity contribution in [3.05, 3.63) is 0 Å². The molecule has 1 heteroatoms. The van der Waals surface area contributed by atoms with Crippen molar-refractivity contribution < 1.29 is 0 Å². The van der Waals surface area contributed by atoms with Crippen LogP contribution >= 0.6 is 0 Å². The second kappa shape index (κ2) is 13.6. The van der Waals surface area contributed by atoms with Gasteiger partial charge in [0.05, 0.1) is 0 Å². The van der Waals surface area contributed by atoms with Crippen LogP contribution in [0.15, 0.2) is 0 Å². The van der Waals surface area contributed by atoms with Crippen LogP contribution in [0.1, 0.15) is 118 Å². The molecule has 21 heavy (non-hydrogen) atoms. The Hall–Kier alpha value is -0.0400. The highest BCUT2D eigenvalue weighted by molar-refractivity contribution is 4.81. The van der Waals surface area contributed by atoms with E-state index in [1.165, 1.54) is 89.9 Å². The molecule has 0 aliphatic carbocycles. The molecule has 0 aromatic heterocycles. The Morgan fingerprint density at radius 3 is 1.62 bits per heavy atom. The molecule has 128 valence electrons. The highest BCUT2D eigenvalue weighted by atomic mass is 14.7. The van der Waals surface area contributed by atoms with E-state index in [4.69, 9.17) is 5.73 Å². The minimum Gasteiger partial charge on any atom is -0.327 e. The number of nitrogens with two attached hydrogens (primary N) is 1. The fraction of sp³-hybridized carbons (Fsp3) is 1.00. The van der Waals surface area contributed by atoms with Gasteiger partial charge in [-0.15, -0.1) is 0 Å². The normalized spacial score (nSPS) is 13.6. The first kappa shape index (κ1) is 21.0. The molecule has 1 nitrogen and oxygen atoms in total. The summed E-state index contributed by atoms with van der Waals surface area (Å²) in [6.45, 7) is 9.31. The average Bonchev–Trinajstić information content (AvgIpc) is 2.45. The Morgan fingerprint density at radius 2 is 1.10 bits per heavy atom. The number of hydrogen-bond donors (Lipinski definition) is 1. The van der Waals surface area contributed by atoms with Crippen LogP contribution in [0.3, 0.4) is 0 Å². The average molecular weight is 298 g/mol. The first-order valence-corrected chi connectivity index (χ1v) is 9.80. The molecule has 0 spiro atoms. The van der Waals surface area contributed by atoms with Gasteiger partial charge in [-0.3, -0.25) is 0 Å². The second-order valence-electron chi connectivity index (χ2n) is 7.67. The molecule has 0 aliphatic heterocycles. The standard InChI is InChI=1S/C20H43N/c1-5-7-9-11-12-13-15-17-19(21)20(3,4)18-16-14-10-8-6-2/h19H,5-18,21H2,1-4H3. The topological polar surface area (TPSA) is 26.0 Å². The van der Waals surface area contributed by atoms with E-state index in [2.05, 4.69) is 27.7 Å². The molecule has 2 N–H and O–H groups in total. The Labute approximate surface area is 135 Å². The Kier molecular flexibility index (Phi) is 13.6. The first-order chi connectivity index (χ1) is 10.0. The Balaban J connectivity index is 3.59. The van der Waals surface area contributed by atoms with Crippen molar-refractivity contribution in [2.45, 2.75) is 124 Å². The van der Waals surface area contributed by atoms with Gasteiger partial charge in [0.25, 0.3) is 0 Å². The van der Waals surface area contributed by atoms with E-state index >= 15 is 0 Å². The SMILES string of the molecule is CCCCCCCCCC(N)C(C)(C)CCCCCCC. The third-order valence-electron chi connectivity index (χ3n) is 5.05. The molecule has 0 aromatic rings. The van der Waals surface area contributed by atoms with Gasteiger partial charge in [0.15, 0.2) is 0 Å². The maximum absolute atomic E-state index is 6.45. The maximum atomic E-state index is 6.45. The van der Waals surface area contributed by atoms with Crippen LogP contribution < -0.4 is 5.73 Å². The zero-order chi connectivity index (χ0) is 16.0. The van der Waals surface area contributed by atoms with Crippen LogP contribution in [0.5, 0.6) is 0 Å². The molecule has 0 rings (SSSR count). The lowest BCUT2D eigenvalue weighted by atomic mass is 9.78. The van der Waals surface area contributed by atoms with E-state index in [1.807, 2.05) is 0 Å². The molecule has 1 unspecified atom stereocenters. The van der Waals surface area contributed by atoms with E-state index in [0.29, 0.717) is 11.5 Å². The van der Waals surface area contributed by atoms with E-state index in [-0.39, 0.29) is 0 Å². The van der Waals surface area contributed by atoms with Gasteiger partial charge in [-0.2, -0.15) is 0 Å². The Morgan fingerprint density at radius 1 is 0.667 bits per heavy atom. The zero-order valence-electron chi connectivity index (χ0n) is 15.6. The minimum atomic E-state index is 0.328. The number of hydrogen-bond acceptors (Lipinski definition) is 1. The summed E-state index contributed by atoms with van der Waals surface area (Å²) in [7, 11) is 0. The van der Waals surface area contributed by atoms with Gasteiger partial charge >= 0.3 is 0 Å². The third kappa shape index (κ3) is 12.2. The molecule has 0 fully saturated rings. The second-order valence-corrected chi connectivity index (χ2v) is 7.67. The van der Waals surface area contributed by atoms with Gasteiger partial charge in [-0.1, -0.05) is 105 Å². The summed E-state index contributed by atoms with van der Waals surface area (Å²) < 4.78 is 0. The maximum Gasteiger partial charge on any atom is 0.00902 e. The van der Waals surface area contributed by atoms with Gasteiger partial charge in [0.2, 0.25) is 0 Å². The molecule has 0 radical (unpaired) electrons. The summed E-state index contributed by atoms with van der Waals surface area (Å²) in [5, 5.41) is 0. The molecule has 0 heterocycles. The summed E-state index contributed by atoms with van der Waals surface area (Å²) in [5.74, 6) is 0. The van der Waals surface area contributed by atoms with Crippen LogP contribution in [-0.2, 0) is 0 Å². The molecule has 0 bridgehead atoms. The van der Waals surface area contributed by atoms with E-state index in [1.54, 1.807) is 0 Å². The van der Waals surface area contributed by atoms with Gasteiger partial charge in [0.1, 0.15) is 0 Å². The van der Waals surface area contributed by atoms with E-state index < -0.39 is 0 Å². The summed E-state index contributed by atoms with van der Waals surface area (Å²) in [6.07, 6.45) is 19.1. The van der Waals surface area contributed by atoms with E-state index in [0.717, 1.165) is 0 Å². The van der Waals surface area contributed by atoms with Crippen molar-refractivity contribution in [2.75, 3.05) is 0 Å². The monoisotopic (exact) mass is 297 g/mol. The molecular weight excluding hydrogens is 254 g/mol. The predicted molar refractivity (Wildman–Crippen MR) is 97.7 cm³/mol. The van der Waals surface area contributed by atoms with Crippen molar-refractivity contribution in [1.82, 2.24) is 0 Å². The van der Waals surface area contributed by atoms with Crippen molar-refractivity contribution >= 4 is 0 Å². The number of rotatable bonds is 15. The smallest absolute Gasteiger partial charge is 0.00902 e. The molecule has 0 amide bonds.